The highest BCUT2D eigenvalue weighted by atomic mass is 16.7. The van der Waals surface area contributed by atoms with E-state index in [9.17, 15) is 84.9 Å². The molecule has 0 saturated carbocycles. The summed E-state index contributed by atoms with van der Waals surface area (Å²) in [6.45, 7) is -0.198. The predicted octanol–water partition coefficient (Wildman–Crippen LogP) is -1.05. The molecule has 11 N–H and O–H groups in total. The Balaban J connectivity index is 1.33. The molecular weight excluding hydrogens is 812 g/mol. The predicted molar refractivity (Wildman–Crippen MR) is 183 cm³/mol. The summed E-state index contributed by atoms with van der Waals surface area (Å²) in [7, 11) is 0. The molecule has 4 aliphatic heterocycles. The summed E-state index contributed by atoms with van der Waals surface area (Å²) < 4.78 is 33.1. The third-order valence-corrected chi connectivity index (χ3v) is 10.7. The van der Waals surface area contributed by atoms with Gasteiger partial charge in [-0.25, -0.2) is 19.2 Å². The van der Waals surface area contributed by atoms with Gasteiger partial charge in [-0.2, -0.15) is 0 Å². The number of carbonyl (C=O) groups is 6. The summed E-state index contributed by atoms with van der Waals surface area (Å²) in [5.41, 5.74) is -9.74. The maximum atomic E-state index is 14.2. The van der Waals surface area contributed by atoms with Crippen LogP contribution in [0.4, 0.5) is 0 Å². The molecule has 0 spiro atoms. The normalized spacial score (nSPS) is 29.3. The molecule has 3 aromatic carbocycles. The summed E-state index contributed by atoms with van der Waals surface area (Å²) >= 11 is 0. The number of ketones is 2. The number of fused-ring (bicyclic) bond motifs is 9. The van der Waals surface area contributed by atoms with Crippen LogP contribution in [0, 0.1) is 0 Å². The molecule has 4 heterocycles. The Kier molecular flexibility index (Phi) is 8.61. The molecule has 23 nitrogen and oxygen atoms in total. The number of ether oxygens (including phenoxy) is 6. The molecule has 3 aromatic rings. The molecule has 0 radical (unpaired) electrons. The lowest BCUT2D eigenvalue weighted by Crippen LogP contribution is -2.67. The smallest absolute Gasteiger partial charge is 0.341 e. The number of carbonyl (C=O) groups excluding carboxylic acids is 6. The van der Waals surface area contributed by atoms with Gasteiger partial charge in [0.05, 0.1) is 28.2 Å². The lowest BCUT2D eigenvalue weighted by Gasteiger charge is -2.44. The van der Waals surface area contributed by atoms with E-state index >= 15 is 0 Å². The Bertz CT molecular complexity index is 2560. The van der Waals surface area contributed by atoms with Gasteiger partial charge < -0.3 is 84.6 Å². The molecule has 0 unspecified atom stereocenters. The van der Waals surface area contributed by atoms with Crippen LogP contribution in [0.2, 0.25) is 0 Å². The zero-order valence-electron chi connectivity index (χ0n) is 30.0. The van der Waals surface area contributed by atoms with E-state index in [0.717, 1.165) is 6.92 Å². The number of phenols is 8. The van der Waals surface area contributed by atoms with Crippen molar-refractivity contribution in [2.45, 2.75) is 61.4 Å². The van der Waals surface area contributed by atoms with Crippen molar-refractivity contribution >= 4 is 35.4 Å². The first-order valence-corrected chi connectivity index (χ1v) is 17.3. The van der Waals surface area contributed by atoms with Crippen LogP contribution in [-0.4, -0.2) is 140 Å². The van der Waals surface area contributed by atoms with Crippen LogP contribution < -0.4 is 4.74 Å². The van der Waals surface area contributed by atoms with Crippen LogP contribution >= 0.6 is 0 Å². The second kappa shape index (κ2) is 13.1. The zero-order valence-corrected chi connectivity index (χ0v) is 30.0. The summed E-state index contributed by atoms with van der Waals surface area (Å²) in [5.74, 6) is -25.8. The van der Waals surface area contributed by atoms with Crippen LogP contribution in [0.3, 0.4) is 0 Å². The summed E-state index contributed by atoms with van der Waals surface area (Å²) in [5, 5.41) is 120. The van der Waals surface area contributed by atoms with Crippen molar-refractivity contribution in [2.24, 2.45) is 0 Å². The second-order valence-corrected chi connectivity index (χ2v) is 14.3. The van der Waals surface area contributed by atoms with Crippen LogP contribution in [0.5, 0.6) is 51.7 Å². The van der Waals surface area contributed by atoms with Crippen molar-refractivity contribution < 1.29 is 113 Å². The number of rotatable bonds is 2. The van der Waals surface area contributed by atoms with E-state index in [-0.39, 0.29) is 0 Å². The maximum absolute atomic E-state index is 14.2. The summed E-state index contributed by atoms with van der Waals surface area (Å²) in [4.78, 5) is 82.0. The Morgan fingerprint density at radius 2 is 1.23 bits per heavy atom. The average Bonchev–Trinajstić information content (AvgIpc) is 3.51. The van der Waals surface area contributed by atoms with E-state index in [2.05, 4.69) is 0 Å². The van der Waals surface area contributed by atoms with Crippen molar-refractivity contribution in [2.75, 3.05) is 6.61 Å². The van der Waals surface area contributed by atoms with Gasteiger partial charge in [0.2, 0.25) is 23.5 Å². The minimum atomic E-state index is -3.43. The fourth-order valence-electron chi connectivity index (χ4n) is 7.87. The molecule has 0 amide bonds. The largest absolute Gasteiger partial charge is 0.504 e. The van der Waals surface area contributed by atoms with Gasteiger partial charge in [-0.3, -0.25) is 9.59 Å². The van der Waals surface area contributed by atoms with E-state index in [1.165, 1.54) is 0 Å². The van der Waals surface area contributed by atoms with Crippen molar-refractivity contribution in [3.05, 3.63) is 52.1 Å². The lowest BCUT2D eigenvalue weighted by molar-refractivity contribution is -0.288. The van der Waals surface area contributed by atoms with Crippen LogP contribution in [0.15, 0.2) is 29.8 Å². The van der Waals surface area contributed by atoms with Crippen molar-refractivity contribution in [3.63, 3.8) is 0 Å². The molecule has 60 heavy (non-hydrogen) atoms. The van der Waals surface area contributed by atoms with Crippen LogP contribution in [-0.2, 0) is 38.1 Å². The quantitative estimate of drug-likeness (QED) is 0.0832. The Hall–Kier alpha value is -7.34. The topological polar surface area (TPSA) is 380 Å². The van der Waals surface area contributed by atoms with E-state index in [1.807, 2.05) is 0 Å². The van der Waals surface area contributed by atoms with E-state index in [1.54, 1.807) is 0 Å². The lowest BCUT2D eigenvalue weighted by atomic mass is 9.67. The van der Waals surface area contributed by atoms with Gasteiger partial charge in [0.15, 0.2) is 58.1 Å². The number of aliphatic hydroxyl groups excluding tert-OH is 1. The maximum Gasteiger partial charge on any atom is 0.341 e. The summed E-state index contributed by atoms with van der Waals surface area (Å²) in [6, 6.07) is 1.52. The molecule has 1 fully saturated rings. The second-order valence-electron chi connectivity index (χ2n) is 14.3. The molecular formula is C37H28O23. The third-order valence-electron chi connectivity index (χ3n) is 10.7. The minimum absolute atomic E-state index is 0.411. The number of cyclic esters (lactones) is 1. The molecule has 1 saturated heterocycles. The van der Waals surface area contributed by atoms with Crippen molar-refractivity contribution in [1.29, 1.82) is 0 Å². The molecule has 4 bridgehead atoms. The SMILES string of the molecule is CC(=O)C[C@@]1(O)C(=O)C=C2C(=O)O[C@H]3[C@@H]4OC(=O)c5cc(O)c(O)c(O)c5-c5c(cc(O)c(O)c5O)C(=O)OC[C@@H](O4)[C@@H](OC(=O)c4cc(O)c(O)c5c4[C@@H]2[C@]1(O)O5)[C@@H]3O. The number of hydrogen-bond donors (Lipinski definition) is 11. The number of hydrogen-bond acceptors (Lipinski definition) is 23. The minimum Gasteiger partial charge on any atom is -0.504 e. The monoisotopic (exact) mass is 840 g/mol. The fraction of sp³-hybridized carbons (Fsp3) is 0.297. The Morgan fingerprint density at radius 3 is 1.83 bits per heavy atom. The number of aromatic hydroxyl groups is 8. The molecule has 5 aliphatic rings. The van der Waals surface area contributed by atoms with Gasteiger partial charge in [-0.15, -0.1) is 0 Å². The van der Waals surface area contributed by atoms with Gasteiger partial charge in [-0.1, -0.05) is 0 Å². The first-order chi connectivity index (χ1) is 28.1. The highest BCUT2D eigenvalue weighted by Crippen LogP contribution is 2.61. The molecule has 314 valence electrons. The highest BCUT2D eigenvalue weighted by Gasteiger charge is 2.70. The van der Waals surface area contributed by atoms with Crippen molar-refractivity contribution in [1.82, 2.24) is 0 Å². The Labute approximate surface area is 331 Å². The van der Waals surface area contributed by atoms with Crippen molar-refractivity contribution in [3.8, 4) is 62.9 Å². The summed E-state index contributed by atoms with van der Waals surface area (Å²) in [6.07, 6.45) is -12.0. The van der Waals surface area contributed by atoms with Crippen LogP contribution in [0.25, 0.3) is 11.1 Å². The molecule has 8 atom stereocenters. The standard InChI is InChI=1S/C37H28O23/c1-8(38)6-36(53)17(42)5-12-21-20-11(4-15(41)24(45)29(20)60-37(21,36)54)32(50)57-28-16-7-55-31(49)9-2-13(39)22(43)25(46)18(9)19-10(3-14(40)23(44)26(19)47)33(51)59-35(56-16)30(27(28)48)58-34(12)52/h2-5,16,21,27-28,30,35,39-41,43-48,53-54H,6-7H2,1H3/t16-,21-,27+,28-,30-,35+,36-,37+/m1/s1. The van der Waals surface area contributed by atoms with Gasteiger partial charge >= 0.3 is 23.9 Å². The van der Waals surface area contributed by atoms with E-state index in [0.29, 0.717) is 24.3 Å². The first-order valence-electron chi connectivity index (χ1n) is 17.3. The highest BCUT2D eigenvalue weighted by molar-refractivity contribution is 6.11. The average molecular weight is 841 g/mol. The Morgan fingerprint density at radius 1 is 0.700 bits per heavy atom. The van der Waals surface area contributed by atoms with Crippen LogP contribution in [0.1, 0.15) is 55.9 Å². The molecule has 8 rings (SSSR count). The first kappa shape index (κ1) is 39.5. The number of phenolic OH excluding ortho intramolecular Hbond substituents is 8. The number of esters is 4. The van der Waals surface area contributed by atoms with E-state index < -0.39 is 187 Å². The number of aliphatic hydroxyl groups is 3. The fourth-order valence-corrected chi connectivity index (χ4v) is 7.87. The zero-order chi connectivity index (χ0) is 43.7. The number of Topliss-reactive ketones (excluding diaryl/α,β-unsaturated/α-hetero) is 1. The van der Waals surface area contributed by atoms with Gasteiger partial charge in [-0.05, 0) is 31.2 Å². The van der Waals surface area contributed by atoms with Gasteiger partial charge in [0.25, 0.3) is 5.79 Å². The van der Waals surface area contributed by atoms with E-state index in [4.69, 9.17) is 28.4 Å². The molecule has 1 aliphatic carbocycles. The number of benzene rings is 3. The van der Waals surface area contributed by atoms with Gasteiger partial charge in [0, 0.05) is 23.1 Å². The molecule has 23 heteroatoms. The third kappa shape index (κ3) is 5.36. The van der Waals surface area contributed by atoms with Gasteiger partial charge in [0.1, 0.15) is 24.6 Å². The molecule has 0 aromatic heterocycles.